The highest BCUT2D eigenvalue weighted by atomic mass is 32.2. The van der Waals surface area contributed by atoms with Crippen LogP contribution in [0.2, 0.25) is 0 Å². The summed E-state index contributed by atoms with van der Waals surface area (Å²) >= 11 is 0. The number of hydrogen-bond acceptors (Lipinski definition) is 4. The molecule has 1 heterocycles. The molecule has 3 aromatic rings. The average Bonchev–Trinajstić information content (AvgIpc) is 3.12. The van der Waals surface area contributed by atoms with Crippen molar-refractivity contribution in [2.45, 2.75) is 11.1 Å². The molecule has 0 saturated heterocycles. The Kier molecular flexibility index (Phi) is 4.69. The van der Waals surface area contributed by atoms with E-state index in [2.05, 4.69) is 5.32 Å². The summed E-state index contributed by atoms with van der Waals surface area (Å²) in [4.78, 5) is 12.5. The summed E-state index contributed by atoms with van der Waals surface area (Å²) in [5, 5.41) is 7.41. The van der Waals surface area contributed by atoms with Crippen molar-refractivity contribution in [2.24, 2.45) is 5.14 Å². The molecule has 0 aliphatic heterocycles. The molecule has 0 fully saturated rings. The minimum absolute atomic E-state index is 0.124. The maximum absolute atomic E-state index is 12.5. The highest BCUT2D eigenvalue weighted by molar-refractivity contribution is 7.89. The molecule has 1 amide bonds. The molecule has 3 N–H and O–H groups in total. The van der Waals surface area contributed by atoms with Crippen LogP contribution in [0.5, 0.6) is 0 Å². The molecule has 0 aliphatic carbocycles. The Labute approximate surface area is 145 Å². The second kappa shape index (κ2) is 6.92. The van der Waals surface area contributed by atoms with Crippen LogP contribution in [0, 0.1) is 0 Å². The maximum atomic E-state index is 12.5. The predicted molar refractivity (Wildman–Crippen MR) is 92.3 cm³/mol. The lowest BCUT2D eigenvalue weighted by Crippen LogP contribution is -2.29. The zero-order chi connectivity index (χ0) is 17.9. The number of nitrogens with one attached hydrogen (secondary N) is 1. The number of carbonyl (C=O) groups excluding carboxylic acids is 1. The lowest BCUT2D eigenvalue weighted by atomic mass is 9.98. The molecular formula is C18H16N2O4S. The van der Waals surface area contributed by atoms with Gasteiger partial charge in [0.25, 0.3) is 15.9 Å². The normalized spacial score (nSPS) is 11.4. The van der Waals surface area contributed by atoms with Gasteiger partial charge in [-0.3, -0.25) is 4.79 Å². The van der Waals surface area contributed by atoms with Gasteiger partial charge >= 0.3 is 0 Å². The van der Waals surface area contributed by atoms with E-state index in [1.165, 1.54) is 6.07 Å². The number of primary sulfonamides is 1. The molecule has 0 spiro atoms. The molecule has 6 nitrogen and oxygen atoms in total. The van der Waals surface area contributed by atoms with Crippen LogP contribution in [-0.4, -0.2) is 14.3 Å². The fraction of sp³-hybridized carbons (Fsp3) is 0.0556. The quantitative estimate of drug-likeness (QED) is 0.733. The van der Waals surface area contributed by atoms with Crippen LogP contribution in [0.3, 0.4) is 0 Å². The van der Waals surface area contributed by atoms with Gasteiger partial charge in [-0.05, 0) is 23.3 Å². The molecule has 7 heteroatoms. The smallest absolute Gasteiger partial charge is 0.287 e. The van der Waals surface area contributed by atoms with Crippen LogP contribution < -0.4 is 10.5 Å². The molecule has 128 valence electrons. The van der Waals surface area contributed by atoms with Crippen LogP contribution in [0.1, 0.15) is 27.7 Å². The second-order valence-corrected chi connectivity index (χ2v) is 6.88. The Balaban J connectivity index is 1.90. The first-order chi connectivity index (χ1) is 11.9. The van der Waals surface area contributed by atoms with Crippen LogP contribution in [-0.2, 0) is 10.0 Å². The lowest BCUT2D eigenvalue weighted by molar-refractivity contribution is 0.0909. The second-order valence-electron chi connectivity index (χ2n) is 5.39. The van der Waals surface area contributed by atoms with Crippen LogP contribution >= 0.6 is 0 Å². The zero-order valence-electron chi connectivity index (χ0n) is 13.1. The number of nitrogens with two attached hydrogens (primary N) is 1. The fourth-order valence-electron chi connectivity index (χ4n) is 2.45. The van der Waals surface area contributed by atoms with Gasteiger partial charge in [-0.25, -0.2) is 13.6 Å². The van der Waals surface area contributed by atoms with E-state index in [0.29, 0.717) is 0 Å². The van der Waals surface area contributed by atoms with Gasteiger partial charge in [-0.2, -0.15) is 0 Å². The summed E-state index contributed by atoms with van der Waals surface area (Å²) < 4.78 is 27.6. The topological polar surface area (TPSA) is 102 Å². The number of sulfonamides is 1. The summed E-state index contributed by atoms with van der Waals surface area (Å²) in [5.41, 5.74) is 1.78. The number of hydrogen-bond donors (Lipinski definition) is 2. The summed E-state index contributed by atoms with van der Waals surface area (Å²) in [5.74, 6) is -0.659. The molecule has 1 aromatic heterocycles. The van der Waals surface area contributed by atoms with Crippen LogP contribution in [0.15, 0.2) is 82.3 Å². The van der Waals surface area contributed by atoms with E-state index >= 15 is 0 Å². The van der Waals surface area contributed by atoms with Gasteiger partial charge in [0.05, 0.1) is 6.04 Å². The molecule has 0 atom stereocenters. The van der Waals surface area contributed by atoms with Gasteiger partial charge in [0, 0.05) is 0 Å². The highest BCUT2D eigenvalue weighted by Crippen LogP contribution is 2.23. The molecular weight excluding hydrogens is 340 g/mol. The first-order valence-electron chi connectivity index (χ1n) is 7.48. The summed E-state index contributed by atoms with van der Waals surface area (Å²) in [6.07, 6.45) is 0. The van der Waals surface area contributed by atoms with E-state index < -0.39 is 27.1 Å². The van der Waals surface area contributed by atoms with E-state index in [1.807, 2.05) is 60.7 Å². The molecule has 0 saturated carbocycles. The minimum Gasteiger partial charge on any atom is -0.438 e. The Morgan fingerprint density at radius 3 is 1.84 bits per heavy atom. The van der Waals surface area contributed by atoms with Crippen LogP contribution in [0.4, 0.5) is 0 Å². The fourth-order valence-corrected chi connectivity index (χ4v) is 2.91. The molecule has 0 bridgehead atoms. The molecule has 25 heavy (non-hydrogen) atoms. The standard InChI is InChI=1S/C18H16N2O4S/c19-25(22,23)16-12-11-15(24-16)18(21)20-17(13-7-3-1-4-8-13)14-9-5-2-6-10-14/h1-12,17H,(H,20,21)(H2,19,22,23). The van der Waals surface area contributed by atoms with E-state index in [0.717, 1.165) is 17.2 Å². The Hall–Kier alpha value is -2.90. The van der Waals surface area contributed by atoms with Crippen molar-refractivity contribution < 1.29 is 17.6 Å². The van der Waals surface area contributed by atoms with E-state index in [-0.39, 0.29) is 5.76 Å². The SMILES string of the molecule is NS(=O)(=O)c1ccc(C(=O)NC(c2ccccc2)c2ccccc2)o1. The van der Waals surface area contributed by atoms with E-state index in [9.17, 15) is 13.2 Å². The van der Waals surface area contributed by atoms with Crippen molar-refractivity contribution in [3.63, 3.8) is 0 Å². The van der Waals surface area contributed by atoms with Gasteiger partial charge in [0.15, 0.2) is 5.76 Å². The number of rotatable bonds is 5. The third kappa shape index (κ3) is 3.96. The molecule has 0 unspecified atom stereocenters. The van der Waals surface area contributed by atoms with Gasteiger partial charge in [0.1, 0.15) is 0 Å². The average molecular weight is 356 g/mol. The molecule has 0 radical (unpaired) electrons. The van der Waals surface area contributed by atoms with Gasteiger partial charge < -0.3 is 9.73 Å². The summed E-state index contributed by atoms with van der Waals surface area (Å²) in [6.45, 7) is 0. The first kappa shape index (κ1) is 16.9. The third-order valence-corrected chi connectivity index (χ3v) is 4.41. The summed E-state index contributed by atoms with van der Waals surface area (Å²) in [6, 6.07) is 20.9. The van der Waals surface area contributed by atoms with Crippen molar-refractivity contribution in [1.82, 2.24) is 5.32 Å². The van der Waals surface area contributed by atoms with Crippen molar-refractivity contribution in [2.75, 3.05) is 0 Å². The number of amides is 1. The largest absolute Gasteiger partial charge is 0.438 e. The Morgan fingerprint density at radius 2 is 1.40 bits per heavy atom. The first-order valence-corrected chi connectivity index (χ1v) is 9.03. The van der Waals surface area contributed by atoms with Gasteiger partial charge in [0.2, 0.25) is 5.09 Å². The number of carbonyl (C=O) groups is 1. The maximum Gasteiger partial charge on any atom is 0.287 e. The van der Waals surface area contributed by atoms with E-state index in [1.54, 1.807) is 0 Å². The summed E-state index contributed by atoms with van der Waals surface area (Å²) in [7, 11) is -3.99. The minimum atomic E-state index is -3.99. The molecule has 2 aromatic carbocycles. The van der Waals surface area contributed by atoms with Crippen molar-refractivity contribution in [3.05, 3.63) is 89.7 Å². The number of benzene rings is 2. The highest BCUT2D eigenvalue weighted by Gasteiger charge is 2.21. The third-order valence-electron chi connectivity index (χ3n) is 3.63. The van der Waals surface area contributed by atoms with Gasteiger partial charge in [-0.1, -0.05) is 60.7 Å². The monoisotopic (exact) mass is 356 g/mol. The van der Waals surface area contributed by atoms with Crippen LogP contribution in [0.25, 0.3) is 0 Å². The van der Waals surface area contributed by atoms with Crippen molar-refractivity contribution >= 4 is 15.9 Å². The zero-order valence-corrected chi connectivity index (χ0v) is 13.9. The predicted octanol–water partition coefficient (Wildman–Crippen LogP) is 2.45. The van der Waals surface area contributed by atoms with E-state index in [4.69, 9.17) is 9.56 Å². The molecule has 3 rings (SSSR count). The lowest BCUT2D eigenvalue weighted by Gasteiger charge is -2.19. The van der Waals surface area contributed by atoms with Gasteiger partial charge in [-0.15, -0.1) is 0 Å². The van der Waals surface area contributed by atoms with Crippen molar-refractivity contribution in [3.8, 4) is 0 Å². The van der Waals surface area contributed by atoms with Crippen molar-refractivity contribution in [1.29, 1.82) is 0 Å². The Bertz CT molecular complexity index is 927. The molecule has 0 aliphatic rings. The Morgan fingerprint density at radius 1 is 0.880 bits per heavy atom. The number of furan rings is 1.